The summed E-state index contributed by atoms with van der Waals surface area (Å²) in [6.45, 7) is 0.239. The molecular formula is C10H15NO6S2. The number of hydrogen-bond acceptors (Lipinski definition) is 6. The lowest BCUT2D eigenvalue weighted by molar-refractivity contribution is -0.136. The lowest BCUT2D eigenvalue weighted by Gasteiger charge is -2.25. The molecule has 4 N–H and O–H groups in total. The molecule has 0 spiro atoms. The highest BCUT2D eigenvalue weighted by Gasteiger charge is 2.30. The lowest BCUT2D eigenvalue weighted by Crippen LogP contribution is -2.51. The van der Waals surface area contributed by atoms with Crippen LogP contribution in [0.1, 0.15) is 11.8 Å². The number of aliphatic hydroxyl groups is 2. The second-order valence-electron chi connectivity index (χ2n) is 4.27. The minimum Gasteiger partial charge on any atom is -0.481 e. The van der Waals surface area contributed by atoms with Crippen LogP contribution < -0.4 is 4.72 Å². The predicted octanol–water partition coefficient (Wildman–Crippen LogP) is -0.603. The van der Waals surface area contributed by atoms with E-state index >= 15 is 0 Å². The van der Waals surface area contributed by atoms with E-state index in [-0.39, 0.29) is 10.6 Å². The number of nitrogens with one attached hydrogen (secondary N) is 1. The van der Waals surface area contributed by atoms with E-state index in [1.165, 1.54) is 19.1 Å². The lowest BCUT2D eigenvalue weighted by atomic mass is 10.1. The molecule has 0 amide bonds. The maximum atomic E-state index is 12.0. The maximum absolute atomic E-state index is 12.0. The van der Waals surface area contributed by atoms with Crippen LogP contribution in [0.2, 0.25) is 0 Å². The summed E-state index contributed by atoms with van der Waals surface area (Å²) in [5.41, 5.74) is -1.37. The van der Waals surface area contributed by atoms with Crippen molar-refractivity contribution in [1.82, 2.24) is 4.72 Å². The number of rotatable bonds is 7. The van der Waals surface area contributed by atoms with Gasteiger partial charge in [-0.1, -0.05) is 0 Å². The minimum atomic E-state index is -3.90. The molecule has 108 valence electrons. The molecule has 0 aliphatic heterocycles. The smallest absolute Gasteiger partial charge is 0.308 e. The number of carboxylic acid groups (broad SMARTS) is 1. The first kappa shape index (κ1) is 16.1. The summed E-state index contributed by atoms with van der Waals surface area (Å²) in [5, 5.41) is 26.7. The van der Waals surface area contributed by atoms with Crippen LogP contribution in [0.15, 0.2) is 16.3 Å². The maximum Gasteiger partial charge on any atom is 0.308 e. The molecular weight excluding hydrogens is 294 g/mol. The molecule has 0 saturated heterocycles. The van der Waals surface area contributed by atoms with E-state index in [2.05, 4.69) is 4.72 Å². The fourth-order valence-electron chi connectivity index (χ4n) is 1.24. The summed E-state index contributed by atoms with van der Waals surface area (Å²) >= 11 is 0.835. The molecule has 0 bridgehead atoms. The number of carboxylic acids is 1. The molecule has 0 aliphatic carbocycles. The monoisotopic (exact) mass is 309 g/mol. The van der Waals surface area contributed by atoms with Crippen molar-refractivity contribution in [1.29, 1.82) is 0 Å². The van der Waals surface area contributed by atoms with Crippen LogP contribution in [-0.4, -0.2) is 48.5 Å². The Morgan fingerprint density at radius 3 is 2.42 bits per heavy atom. The van der Waals surface area contributed by atoms with Crippen molar-refractivity contribution in [2.45, 2.75) is 23.1 Å². The van der Waals surface area contributed by atoms with Gasteiger partial charge in [-0.05, 0) is 19.1 Å². The number of aliphatic hydroxyl groups excluding tert-OH is 2. The average Bonchev–Trinajstić information content (AvgIpc) is 2.76. The Hall–Kier alpha value is -1.00. The second-order valence-corrected chi connectivity index (χ2v) is 7.35. The van der Waals surface area contributed by atoms with Gasteiger partial charge in [-0.2, -0.15) is 4.72 Å². The van der Waals surface area contributed by atoms with Crippen molar-refractivity contribution in [3.63, 3.8) is 0 Å². The quantitative estimate of drug-likeness (QED) is 0.533. The third-order valence-electron chi connectivity index (χ3n) is 2.31. The van der Waals surface area contributed by atoms with E-state index in [1.807, 2.05) is 0 Å². The molecule has 7 nitrogen and oxygen atoms in total. The van der Waals surface area contributed by atoms with Gasteiger partial charge in [-0.25, -0.2) is 8.42 Å². The molecule has 0 aromatic carbocycles. The summed E-state index contributed by atoms with van der Waals surface area (Å²) in [7, 11) is -3.90. The molecule has 1 aromatic heterocycles. The standard InChI is InChI=1S/C10H15NO6S2/c1-10(5-12,6-13)11-19(16,17)9-3-2-7(18-9)4-8(14)15/h2-3,11-13H,4-6H2,1H3,(H,14,15). The average molecular weight is 309 g/mol. The van der Waals surface area contributed by atoms with Gasteiger partial charge in [0.15, 0.2) is 0 Å². The Kier molecular flexibility index (Phi) is 5.04. The minimum absolute atomic E-state index is 0.0584. The largest absolute Gasteiger partial charge is 0.481 e. The van der Waals surface area contributed by atoms with Crippen molar-refractivity contribution in [2.24, 2.45) is 0 Å². The highest BCUT2D eigenvalue weighted by molar-refractivity contribution is 7.91. The van der Waals surface area contributed by atoms with Gasteiger partial charge in [0.25, 0.3) is 10.0 Å². The van der Waals surface area contributed by atoms with Crippen LogP contribution in [0.25, 0.3) is 0 Å². The predicted molar refractivity (Wildman–Crippen MR) is 68.6 cm³/mol. The summed E-state index contributed by atoms with van der Waals surface area (Å²) in [6.07, 6.45) is -0.253. The molecule has 0 unspecified atom stereocenters. The third kappa shape index (κ3) is 4.25. The Bertz CT molecular complexity index is 546. The molecule has 0 aliphatic rings. The Labute approximate surface area is 114 Å². The van der Waals surface area contributed by atoms with Crippen molar-refractivity contribution in [3.05, 3.63) is 17.0 Å². The SMILES string of the molecule is CC(CO)(CO)NS(=O)(=O)c1ccc(CC(=O)O)s1. The van der Waals surface area contributed by atoms with Crippen molar-refractivity contribution >= 4 is 27.3 Å². The Balaban J connectivity index is 2.95. The number of aliphatic carboxylic acids is 1. The Morgan fingerprint density at radius 1 is 1.37 bits per heavy atom. The molecule has 1 rings (SSSR count). The van der Waals surface area contributed by atoms with Crippen LogP contribution in [0, 0.1) is 0 Å². The summed E-state index contributed by atoms with van der Waals surface area (Å²) in [6, 6.07) is 2.71. The van der Waals surface area contributed by atoms with Gasteiger partial charge in [-0.3, -0.25) is 4.79 Å². The summed E-state index contributed by atoms with van der Waals surface area (Å²) < 4.78 is 26.1. The zero-order valence-electron chi connectivity index (χ0n) is 10.2. The molecule has 0 radical (unpaired) electrons. The van der Waals surface area contributed by atoms with Crippen LogP contribution >= 0.6 is 11.3 Å². The van der Waals surface area contributed by atoms with Gasteiger partial charge in [-0.15, -0.1) is 11.3 Å². The van der Waals surface area contributed by atoms with Gasteiger partial charge in [0.2, 0.25) is 0 Å². The van der Waals surface area contributed by atoms with Gasteiger partial charge in [0, 0.05) is 4.88 Å². The zero-order valence-corrected chi connectivity index (χ0v) is 11.8. The third-order valence-corrected chi connectivity index (χ3v) is 5.52. The number of thiophene rings is 1. The van der Waals surface area contributed by atoms with Gasteiger partial charge in [0.1, 0.15) is 4.21 Å². The molecule has 0 atom stereocenters. The number of carbonyl (C=O) groups is 1. The van der Waals surface area contributed by atoms with E-state index in [4.69, 9.17) is 15.3 Å². The van der Waals surface area contributed by atoms with Gasteiger partial charge in [0.05, 0.1) is 25.2 Å². The first-order chi connectivity index (χ1) is 8.72. The highest BCUT2D eigenvalue weighted by Crippen LogP contribution is 2.23. The normalized spacial score (nSPS) is 12.6. The van der Waals surface area contributed by atoms with Crippen LogP contribution in [-0.2, 0) is 21.2 Å². The zero-order chi connectivity index (χ0) is 14.7. The molecule has 9 heteroatoms. The first-order valence-electron chi connectivity index (χ1n) is 5.28. The molecule has 1 aromatic rings. The number of sulfonamides is 1. The van der Waals surface area contributed by atoms with Crippen molar-refractivity contribution in [3.8, 4) is 0 Å². The second kappa shape index (κ2) is 5.97. The van der Waals surface area contributed by atoms with Crippen molar-refractivity contribution < 1.29 is 28.5 Å². The van der Waals surface area contributed by atoms with Crippen LogP contribution in [0.5, 0.6) is 0 Å². The summed E-state index contributed by atoms with van der Waals surface area (Å²) in [4.78, 5) is 10.9. The van der Waals surface area contributed by atoms with Crippen LogP contribution in [0.3, 0.4) is 0 Å². The highest BCUT2D eigenvalue weighted by atomic mass is 32.2. The molecule has 1 heterocycles. The van der Waals surface area contributed by atoms with Crippen molar-refractivity contribution in [2.75, 3.05) is 13.2 Å². The van der Waals surface area contributed by atoms with Crippen LogP contribution in [0.4, 0.5) is 0 Å². The summed E-state index contributed by atoms with van der Waals surface area (Å²) in [5.74, 6) is -1.05. The molecule has 0 saturated carbocycles. The van der Waals surface area contributed by atoms with E-state index < -0.39 is 34.7 Å². The molecule has 19 heavy (non-hydrogen) atoms. The van der Waals surface area contributed by atoms with E-state index in [0.29, 0.717) is 4.88 Å². The van der Waals surface area contributed by atoms with E-state index in [0.717, 1.165) is 11.3 Å². The fourth-order valence-corrected chi connectivity index (χ4v) is 3.97. The first-order valence-corrected chi connectivity index (χ1v) is 7.58. The topological polar surface area (TPSA) is 124 Å². The molecule has 0 fully saturated rings. The van der Waals surface area contributed by atoms with Gasteiger partial charge < -0.3 is 15.3 Å². The van der Waals surface area contributed by atoms with E-state index in [1.54, 1.807) is 0 Å². The fraction of sp³-hybridized carbons (Fsp3) is 0.500. The number of hydrogen-bond donors (Lipinski definition) is 4. The Morgan fingerprint density at radius 2 is 1.95 bits per heavy atom. The van der Waals surface area contributed by atoms with Gasteiger partial charge >= 0.3 is 5.97 Å². The van der Waals surface area contributed by atoms with E-state index in [9.17, 15) is 13.2 Å².